The lowest BCUT2D eigenvalue weighted by molar-refractivity contribution is -0.192. The van der Waals surface area contributed by atoms with E-state index in [1.807, 2.05) is 0 Å². The number of carboxylic acid groups (broad SMARTS) is 1. The molecule has 0 aromatic rings. The molecule has 0 aromatic carbocycles. The predicted octanol–water partition coefficient (Wildman–Crippen LogP) is 0.746. The van der Waals surface area contributed by atoms with E-state index in [2.05, 4.69) is 0 Å². The van der Waals surface area contributed by atoms with Gasteiger partial charge in [-0.05, 0) is 0 Å². The molecule has 0 heterocycles. The Bertz CT molecular complexity index is 87.8. The molecule has 0 amide bonds. The predicted molar refractivity (Wildman–Crippen MR) is 14.8 cm³/mol. The fourth-order valence-corrected chi connectivity index (χ4v) is 0. The van der Waals surface area contributed by atoms with Gasteiger partial charge in [0.05, 0.1) is 0 Å². The largest absolute Gasteiger partial charge is 1.00 e. The zero-order valence-corrected chi connectivity index (χ0v) is 2.99. The summed E-state index contributed by atoms with van der Waals surface area (Å²) in [5.41, 5.74) is 0. The molecule has 0 radical (unpaired) electrons. The summed E-state index contributed by atoms with van der Waals surface area (Å²) in [7, 11) is 0. The van der Waals surface area contributed by atoms with Crippen LogP contribution in [0.5, 0.6) is 0 Å². The molecule has 0 fully saturated rings. The highest BCUT2D eigenvalue weighted by molar-refractivity contribution is 5.73. The topological polar surface area (TPSA) is 37.3 Å². The zero-order chi connectivity index (χ0) is 6.08. The number of alkyl halides is 3. The van der Waals surface area contributed by atoms with Crippen LogP contribution in [0.25, 0.3) is 0 Å². The number of halogens is 3. The second-order valence-corrected chi connectivity index (χ2v) is 0.803. The zero-order valence-electron chi connectivity index (χ0n) is 3.99. The smallest absolute Gasteiger partial charge is 0.490 e. The molecule has 5 heteroatoms. The fraction of sp³-hybridized carbons (Fsp3) is 0.500. The summed E-state index contributed by atoms with van der Waals surface area (Å²) in [5.74, 6) is -2.76. The lowest BCUT2D eigenvalue weighted by atomic mass is 10.7. The number of aliphatic carboxylic acids is 1. The second kappa shape index (κ2) is 1.40. The van der Waals surface area contributed by atoms with E-state index in [9.17, 15) is 13.2 Å². The molecule has 0 saturated carbocycles. The van der Waals surface area contributed by atoms with Crippen LogP contribution in [-0.2, 0) is 4.79 Å². The minimum Gasteiger partial charge on any atom is -1.00 e. The Hall–Kier alpha value is -0.740. The number of hydrogen-bond donors (Lipinski definition) is 1. The van der Waals surface area contributed by atoms with Crippen LogP contribution in [0.4, 0.5) is 13.2 Å². The van der Waals surface area contributed by atoms with Crippen LogP contribution < -0.4 is 0 Å². The van der Waals surface area contributed by atoms with Crippen LogP contribution in [0.15, 0.2) is 0 Å². The molecule has 1 N–H and O–H groups in total. The van der Waals surface area contributed by atoms with Crippen LogP contribution in [0, 0.1) is 0 Å². The number of rotatable bonds is 0. The highest BCUT2D eigenvalue weighted by Crippen LogP contribution is 2.13. The first-order chi connectivity index (χ1) is 2.94. The van der Waals surface area contributed by atoms with Gasteiger partial charge in [0, 0.05) is 0 Å². The van der Waals surface area contributed by atoms with Crippen molar-refractivity contribution >= 4 is 5.97 Å². The summed E-state index contributed by atoms with van der Waals surface area (Å²) in [6.07, 6.45) is -5.08. The van der Waals surface area contributed by atoms with Crippen LogP contribution >= 0.6 is 0 Å². The summed E-state index contributed by atoms with van der Waals surface area (Å²) >= 11 is 0. The fourth-order valence-electron chi connectivity index (χ4n) is 0. The molecule has 0 aliphatic rings. The molecular weight excluding hydrogens is 113 g/mol. The second-order valence-electron chi connectivity index (χ2n) is 0.803. The molecule has 0 saturated heterocycles. The molecular formula is C2H2F3O2-. The van der Waals surface area contributed by atoms with Gasteiger partial charge in [-0.15, -0.1) is 0 Å². The standard InChI is InChI=1S/C2HF3O2.H/c3-2(4,5)1(6)7;/h(H,6,7);/q;-1. The molecule has 0 aliphatic carbocycles. The molecule has 44 valence electrons. The van der Waals surface area contributed by atoms with Gasteiger partial charge in [-0.2, -0.15) is 13.2 Å². The van der Waals surface area contributed by atoms with Gasteiger partial charge < -0.3 is 6.53 Å². The molecule has 0 atom stereocenters. The van der Waals surface area contributed by atoms with Gasteiger partial charge in [-0.3, -0.25) is 0 Å². The van der Waals surface area contributed by atoms with E-state index in [1.54, 1.807) is 0 Å². The van der Waals surface area contributed by atoms with E-state index in [1.165, 1.54) is 0 Å². The van der Waals surface area contributed by atoms with Crippen molar-refractivity contribution in [2.75, 3.05) is 0 Å². The molecule has 0 bridgehead atoms. The third-order valence-corrected chi connectivity index (χ3v) is 0.243. The van der Waals surface area contributed by atoms with Crippen molar-refractivity contribution in [2.24, 2.45) is 0 Å². The van der Waals surface area contributed by atoms with Gasteiger partial charge in [-0.25, -0.2) is 4.79 Å². The van der Waals surface area contributed by atoms with Crippen molar-refractivity contribution in [2.45, 2.75) is 6.18 Å². The Morgan fingerprint density at radius 3 is 1.71 bits per heavy atom. The maximum absolute atomic E-state index is 10.6. The monoisotopic (exact) mass is 115 g/mol. The van der Waals surface area contributed by atoms with Gasteiger partial charge >= 0.3 is 12.1 Å². The first-order valence-corrected chi connectivity index (χ1v) is 1.24. The van der Waals surface area contributed by atoms with Gasteiger partial charge in [-0.1, -0.05) is 0 Å². The normalized spacial score (nSPS) is 11.3. The van der Waals surface area contributed by atoms with Crippen molar-refractivity contribution in [3.63, 3.8) is 0 Å². The highest BCUT2D eigenvalue weighted by atomic mass is 19.4. The molecule has 0 spiro atoms. The Morgan fingerprint density at radius 1 is 1.57 bits per heavy atom. The average molecular weight is 115 g/mol. The Kier molecular flexibility index (Phi) is 1.25. The van der Waals surface area contributed by atoms with E-state index in [4.69, 9.17) is 9.90 Å². The van der Waals surface area contributed by atoms with Gasteiger partial charge in [0.25, 0.3) is 0 Å². The lowest BCUT2D eigenvalue weighted by Gasteiger charge is -1.93. The molecule has 7 heavy (non-hydrogen) atoms. The molecule has 0 unspecified atom stereocenters. The van der Waals surface area contributed by atoms with Crippen LogP contribution in [0.3, 0.4) is 0 Å². The van der Waals surface area contributed by atoms with Gasteiger partial charge in [0.15, 0.2) is 0 Å². The minimum atomic E-state index is -5.08. The van der Waals surface area contributed by atoms with E-state index in [0.29, 0.717) is 0 Å². The van der Waals surface area contributed by atoms with E-state index >= 15 is 0 Å². The van der Waals surface area contributed by atoms with E-state index in [0.717, 1.165) is 0 Å². The first-order valence-electron chi connectivity index (χ1n) is 1.24. The quantitative estimate of drug-likeness (QED) is 0.505. The summed E-state index contributed by atoms with van der Waals surface area (Å²) in [5, 5.41) is 7.12. The summed E-state index contributed by atoms with van der Waals surface area (Å²) in [6, 6.07) is 0. The molecule has 2 nitrogen and oxygen atoms in total. The maximum atomic E-state index is 10.6. The Balaban J connectivity index is 0. The third-order valence-electron chi connectivity index (χ3n) is 0.243. The average Bonchev–Trinajstić information content (AvgIpc) is 1.31. The van der Waals surface area contributed by atoms with E-state index in [-0.39, 0.29) is 1.43 Å². The Labute approximate surface area is 38.0 Å². The lowest BCUT2D eigenvalue weighted by Crippen LogP contribution is -2.21. The van der Waals surface area contributed by atoms with Crippen molar-refractivity contribution in [3.8, 4) is 0 Å². The molecule has 0 aromatic heterocycles. The molecule has 0 aliphatic heterocycles. The number of carbonyl (C=O) groups is 1. The summed E-state index contributed by atoms with van der Waals surface area (Å²) in [6.45, 7) is 0. The van der Waals surface area contributed by atoms with Crippen molar-refractivity contribution in [1.82, 2.24) is 0 Å². The minimum absolute atomic E-state index is 0. The van der Waals surface area contributed by atoms with Crippen LogP contribution in [0.2, 0.25) is 0 Å². The van der Waals surface area contributed by atoms with Gasteiger partial charge in [0.2, 0.25) is 0 Å². The number of hydrogen-bond acceptors (Lipinski definition) is 1. The maximum Gasteiger partial charge on any atom is 0.490 e. The first kappa shape index (κ1) is 6.26. The number of carboxylic acids is 1. The van der Waals surface area contributed by atoms with Crippen molar-refractivity contribution < 1.29 is 24.5 Å². The SMILES string of the molecule is O=C(O)C(F)(F)F.[H-]. The van der Waals surface area contributed by atoms with Crippen LogP contribution in [-0.4, -0.2) is 17.3 Å². The van der Waals surface area contributed by atoms with Crippen molar-refractivity contribution in [1.29, 1.82) is 0 Å². The third kappa shape index (κ3) is 2.02. The van der Waals surface area contributed by atoms with E-state index < -0.39 is 12.1 Å². The summed E-state index contributed by atoms with van der Waals surface area (Å²) < 4.78 is 31.7. The van der Waals surface area contributed by atoms with Gasteiger partial charge in [0.1, 0.15) is 0 Å². The van der Waals surface area contributed by atoms with Crippen molar-refractivity contribution in [3.05, 3.63) is 0 Å². The van der Waals surface area contributed by atoms with Crippen LogP contribution in [0.1, 0.15) is 1.43 Å². The highest BCUT2D eigenvalue weighted by Gasteiger charge is 2.38. The summed E-state index contributed by atoms with van der Waals surface area (Å²) in [4.78, 5) is 8.90. The molecule has 0 rings (SSSR count). The Morgan fingerprint density at radius 2 is 1.71 bits per heavy atom.